The third-order valence-corrected chi connectivity index (χ3v) is 8.05. The first-order valence-electron chi connectivity index (χ1n) is 14.1. The number of aryl methyl sites for hydroxylation is 5. The van der Waals surface area contributed by atoms with Crippen molar-refractivity contribution in [2.45, 2.75) is 79.4 Å². The Morgan fingerprint density at radius 3 is 2.49 bits per heavy atom. The first-order chi connectivity index (χ1) is 19.5. The van der Waals surface area contributed by atoms with Crippen molar-refractivity contribution in [3.05, 3.63) is 45.4 Å². The first kappa shape index (κ1) is 30.5. The summed E-state index contributed by atoms with van der Waals surface area (Å²) < 4.78 is 47.8. The van der Waals surface area contributed by atoms with Crippen molar-refractivity contribution in [2.24, 2.45) is 7.05 Å². The molecule has 6 rings (SSSR count). The molecule has 0 amide bonds. The topological polar surface area (TPSA) is 95.7 Å². The Bertz CT molecular complexity index is 1560. The van der Waals surface area contributed by atoms with E-state index in [1.54, 1.807) is 31.5 Å². The van der Waals surface area contributed by atoms with Gasteiger partial charge >= 0.3 is 6.01 Å². The number of rotatable bonds is 4. The Kier molecular flexibility index (Phi) is 9.06. The van der Waals surface area contributed by atoms with Crippen LogP contribution in [0.4, 0.5) is 13.2 Å². The second-order valence-electron chi connectivity index (χ2n) is 10.6. The maximum Gasteiger partial charge on any atom is 0.318 e. The van der Waals surface area contributed by atoms with Crippen molar-refractivity contribution in [1.82, 2.24) is 29.6 Å². The highest BCUT2D eigenvalue weighted by molar-refractivity contribution is 6.20. The molecule has 2 N–H and O–H groups in total. The molecule has 4 aromatic rings. The number of aromatic amines is 1. The number of methoxy groups -OCH3 is 1. The maximum absolute atomic E-state index is 14.1. The summed E-state index contributed by atoms with van der Waals surface area (Å²) in [4.78, 5) is 11.0. The van der Waals surface area contributed by atoms with Gasteiger partial charge < -0.3 is 9.30 Å². The SMILES string of the molecule is CC.COc1nc(C)c2c(C)c(C(=N)c3c(C(F)F)c(C)cc4n[nH]c(C)c34)n(C)c2n1.FC1CC2CCCN2C1. The Morgan fingerprint density at radius 2 is 1.85 bits per heavy atom. The number of aromatic nitrogens is 5. The average molecular weight is 572 g/mol. The molecular formula is C30H40F3N7O. The van der Waals surface area contributed by atoms with Crippen molar-refractivity contribution >= 4 is 27.6 Å². The van der Waals surface area contributed by atoms with Gasteiger partial charge in [-0.1, -0.05) is 13.8 Å². The van der Waals surface area contributed by atoms with Gasteiger partial charge in [0.1, 0.15) is 11.8 Å². The van der Waals surface area contributed by atoms with Crippen LogP contribution in [0.3, 0.4) is 0 Å². The van der Waals surface area contributed by atoms with Crippen LogP contribution in [0.25, 0.3) is 21.9 Å². The van der Waals surface area contributed by atoms with E-state index in [4.69, 9.17) is 10.1 Å². The van der Waals surface area contributed by atoms with E-state index in [1.165, 1.54) is 20.0 Å². The molecule has 2 atom stereocenters. The van der Waals surface area contributed by atoms with Crippen LogP contribution in [0, 0.1) is 33.1 Å². The first-order valence-corrected chi connectivity index (χ1v) is 14.1. The van der Waals surface area contributed by atoms with Crippen LogP contribution >= 0.6 is 0 Å². The number of hydrogen-bond acceptors (Lipinski definition) is 6. The van der Waals surface area contributed by atoms with Gasteiger partial charge in [-0.15, -0.1) is 0 Å². The normalized spacial score (nSPS) is 18.3. The lowest BCUT2D eigenvalue weighted by atomic mass is 9.91. The number of hydrogen-bond donors (Lipinski definition) is 2. The molecule has 2 saturated heterocycles. The fraction of sp³-hybridized carbons (Fsp3) is 0.533. The maximum atomic E-state index is 14.1. The third kappa shape index (κ3) is 5.43. The monoisotopic (exact) mass is 571 g/mol. The fourth-order valence-electron chi connectivity index (χ4n) is 6.31. The molecular weight excluding hydrogens is 531 g/mol. The van der Waals surface area contributed by atoms with Crippen LogP contribution in [0.15, 0.2) is 6.07 Å². The van der Waals surface area contributed by atoms with Gasteiger partial charge in [0.25, 0.3) is 6.43 Å². The summed E-state index contributed by atoms with van der Waals surface area (Å²) in [6.45, 7) is 12.9. The molecule has 2 unspecified atom stereocenters. The predicted molar refractivity (Wildman–Crippen MR) is 156 cm³/mol. The van der Waals surface area contributed by atoms with Gasteiger partial charge in [-0.3, -0.25) is 15.4 Å². The number of ether oxygens (including phenoxy) is 1. The number of nitrogens with one attached hydrogen (secondary N) is 2. The molecule has 8 nitrogen and oxygen atoms in total. The highest BCUT2D eigenvalue weighted by atomic mass is 19.3. The van der Waals surface area contributed by atoms with E-state index in [-0.39, 0.29) is 22.8 Å². The van der Waals surface area contributed by atoms with Crippen LogP contribution in [0.5, 0.6) is 6.01 Å². The summed E-state index contributed by atoms with van der Waals surface area (Å²) in [5, 5.41) is 17.4. The van der Waals surface area contributed by atoms with Gasteiger partial charge in [-0.2, -0.15) is 15.1 Å². The Balaban J connectivity index is 0.000000294. The number of benzene rings is 1. The lowest BCUT2D eigenvalue weighted by Gasteiger charge is -2.16. The van der Waals surface area contributed by atoms with Gasteiger partial charge in [0.15, 0.2) is 0 Å². The number of H-pyrrole nitrogens is 1. The number of nitrogens with zero attached hydrogens (tertiary/aromatic N) is 5. The van der Waals surface area contributed by atoms with Crippen molar-refractivity contribution in [3.63, 3.8) is 0 Å². The zero-order chi connectivity index (χ0) is 30.2. The van der Waals surface area contributed by atoms with Crippen LogP contribution < -0.4 is 4.74 Å². The molecule has 0 spiro atoms. The van der Waals surface area contributed by atoms with Gasteiger partial charge in [0, 0.05) is 47.2 Å². The highest BCUT2D eigenvalue weighted by Gasteiger charge is 2.34. The molecule has 1 aromatic carbocycles. The molecule has 222 valence electrons. The zero-order valence-corrected chi connectivity index (χ0v) is 25.1. The summed E-state index contributed by atoms with van der Waals surface area (Å²) in [5.41, 5.74) is 4.19. The summed E-state index contributed by atoms with van der Waals surface area (Å²) in [6.07, 6.45) is 0.0867. The minimum absolute atomic E-state index is 0.000123. The molecule has 0 aliphatic carbocycles. The quantitative estimate of drug-likeness (QED) is 0.267. The van der Waals surface area contributed by atoms with Crippen molar-refractivity contribution in [2.75, 3.05) is 20.2 Å². The molecule has 0 saturated carbocycles. The second-order valence-corrected chi connectivity index (χ2v) is 10.6. The molecule has 5 heterocycles. The van der Waals surface area contributed by atoms with Crippen molar-refractivity contribution in [1.29, 1.82) is 5.41 Å². The lowest BCUT2D eigenvalue weighted by Crippen LogP contribution is -2.22. The molecule has 2 aliphatic heterocycles. The summed E-state index contributed by atoms with van der Waals surface area (Å²) in [5.74, 6) is 0. The smallest absolute Gasteiger partial charge is 0.318 e. The predicted octanol–water partition coefficient (Wildman–Crippen LogP) is 6.66. The summed E-state index contributed by atoms with van der Waals surface area (Å²) >= 11 is 0. The van der Waals surface area contributed by atoms with E-state index in [0.29, 0.717) is 51.8 Å². The van der Waals surface area contributed by atoms with Crippen LogP contribution in [0.1, 0.15) is 78.9 Å². The van der Waals surface area contributed by atoms with E-state index in [1.807, 2.05) is 27.7 Å². The van der Waals surface area contributed by atoms with E-state index < -0.39 is 12.6 Å². The number of fused-ring (bicyclic) bond motifs is 3. The summed E-state index contributed by atoms with van der Waals surface area (Å²) in [7, 11) is 3.25. The number of halogens is 3. The van der Waals surface area contributed by atoms with Crippen LogP contribution in [-0.2, 0) is 7.05 Å². The van der Waals surface area contributed by atoms with Crippen molar-refractivity contribution in [3.8, 4) is 6.01 Å². The number of alkyl halides is 3. The van der Waals surface area contributed by atoms with Gasteiger partial charge in [0.05, 0.1) is 29.7 Å². The molecule has 2 fully saturated rings. The molecule has 2 aliphatic rings. The van der Waals surface area contributed by atoms with E-state index in [9.17, 15) is 13.2 Å². The van der Waals surface area contributed by atoms with Crippen molar-refractivity contribution < 1.29 is 17.9 Å². The van der Waals surface area contributed by atoms with Gasteiger partial charge in [-0.05, 0) is 70.7 Å². The molecule has 0 bridgehead atoms. The standard InChI is InChI=1S/C21H22F2N6O.C7H12FN.C2H6/c1-8-7-12-15(11(4)27-28-12)16(13(8)19(22)23)17(24)18-9(2)14-10(3)25-21(30-6)26-20(14)29(18)5;8-6-4-7-2-1-3-9(7)5-6;1-2/h7,19,24H,1-6H3,(H,27,28);6-7H,1-5H2;1-2H3. The zero-order valence-electron chi connectivity index (χ0n) is 25.1. The molecule has 11 heteroatoms. The largest absolute Gasteiger partial charge is 0.467 e. The van der Waals surface area contributed by atoms with E-state index in [2.05, 4.69) is 25.1 Å². The van der Waals surface area contributed by atoms with E-state index >= 15 is 0 Å². The Morgan fingerprint density at radius 1 is 1.15 bits per heavy atom. The Labute approximate surface area is 238 Å². The highest BCUT2D eigenvalue weighted by Crippen LogP contribution is 2.37. The second kappa shape index (κ2) is 12.2. The molecule has 41 heavy (non-hydrogen) atoms. The molecule has 0 radical (unpaired) electrons. The fourth-order valence-corrected chi connectivity index (χ4v) is 6.31. The average Bonchev–Trinajstić information content (AvgIpc) is 3.67. The summed E-state index contributed by atoms with van der Waals surface area (Å²) in [6, 6.07) is 2.46. The lowest BCUT2D eigenvalue weighted by molar-refractivity contribution is 0.150. The minimum atomic E-state index is -2.73. The van der Waals surface area contributed by atoms with Crippen LogP contribution in [0.2, 0.25) is 0 Å². The molecule has 3 aromatic heterocycles. The Hall–Kier alpha value is -3.47. The van der Waals surface area contributed by atoms with Gasteiger partial charge in [-0.25, -0.2) is 13.2 Å². The van der Waals surface area contributed by atoms with Crippen LogP contribution in [-0.4, -0.2) is 67.8 Å². The van der Waals surface area contributed by atoms with E-state index in [0.717, 1.165) is 23.9 Å². The third-order valence-electron chi connectivity index (χ3n) is 8.05. The van der Waals surface area contributed by atoms with Gasteiger partial charge in [0.2, 0.25) is 0 Å². The minimum Gasteiger partial charge on any atom is -0.467 e.